The van der Waals surface area contributed by atoms with Crippen molar-refractivity contribution in [3.8, 4) is 22.6 Å². The molecule has 1 heterocycles. The van der Waals surface area contributed by atoms with Gasteiger partial charge in [0, 0.05) is 11.9 Å². The summed E-state index contributed by atoms with van der Waals surface area (Å²) in [6.45, 7) is 5.50. The molecule has 5 nitrogen and oxygen atoms in total. The summed E-state index contributed by atoms with van der Waals surface area (Å²) < 4.78 is 10.9. The average molecular weight is 381 g/mol. The van der Waals surface area contributed by atoms with Gasteiger partial charge in [0.15, 0.2) is 0 Å². The zero-order valence-corrected chi connectivity index (χ0v) is 16.9. The van der Waals surface area contributed by atoms with Crippen LogP contribution in [-0.2, 0) is 6.54 Å². The number of benzene rings is 2. The summed E-state index contributed by atoms with van der Waals surface area (Å²) in [7, 11) is 3.61. The molecule has 1 N–H and O–H groups in total. The number of aryl methyl sites for hydroxylation is 1. The maximum Gasteiger partial charge on any atom is 0.344 e. The van der Waals surface area contributed by atoms with Gasteiger partial charge in [0.25, 0.3) is 0 Å². The van der Waals surface area contributed by atoms with E-state index in [1.54, 1.807) is 13.2 Å². The van der Waals surface area contributed by atoms with Crippen LogP contribution in [0.5, 0.6) is 11.5 Å². The van der Waals surface area contributed by atoms with Crippen molar-refractivity contribution < 1.29 is 14.3 Å². The summed E-state index contributed by atoms with van der Waals surface area (Å²) in [4.78, 5) is 15.0. The molecule has 0 aliphatic heterocycles. The summed E-state index contributed by atoms with van der Waals surface area (Å²) in [5, 5.41) is 11.2. The zero-order chi connectivity index (χ0) is 20.3. The molecule has 0 amide bonds. The van der Waals surface area contributed by atoms with E-state index in [2.05, 4.69) is 11.8 Å². The first-order chi connectivity index (χ1) is 13.5. The molecule has 0 spiro atoms. The highest BCUT2D eigenvalue weighted by Crippen LogP contribution is 2.33. The predicted octanol–water partition coefficient (Wildman–Crippen LogP) is 4.71. The minimum Gasteiger partial charge on any atom is -0.507 e. The standard InChI is InChI=1S/C23H27NO4/c1-5-6-13-24(3)14-19-20(25)12-11-18-15(2)21(23(26)28-22(18)19)16-7-9-17(27-4)10-8-16/h7-12,25H,5-6,13-14H2,1-4H3. The van der Waals surface area contributed by atoms with Crippen molar-refractivity contribution >= 4 is 11.0 Å². The van der Waals surface area contributed by atoms with Gasteiger partial charge in [-0.3, -0.25) is 0 Å². The molecule has 148 valence electrons. The van der Waals surface area contributed by atoms with E-state index in [1.165, 1.54) is 0 Å². The number of phenols is 1. The third-order valence-electron chi connectivity index (χ3n) is 5.11. The van der Waals surface area contributed by atoms with Crippen LogP contribution < -0.4 is 10.4 Å². The molecule has 5 heteroatoms. The van der Waals surface area contributed by atoms with Crippen LogP contribution in [-0.4, -0.2) is 30.7 Å². The van der Waals surface area contributed by atoms with Gasteiger partial charge in [-0.1, -0.05) is 25.5 Å². The first kappa shape index (κ1) is 20.0. The van der Waals surface area contributed by atoms with Gasteiger partial charge in [0.2, 0.25) is 0 Å². The highest BCUT2D eigenvalue weighted by atomic mass is 16.5. The monoisotopic (exact) mass is 381 g/mol. The van der Waals surface area contributed by atoms with Crippen LogP contribution >= 0.6 is 0 Å². The Labute approximate surface area is 165 Å². The lowest BCUT2D eigenvalue weighted by Gasteiger charge is -2.18. The fourth-order valence-electron chi connectivity index (χ4n) is 3.48. The molecule has 0 unspecified atom stereocenters. The van der Waals surface area contributed by atoms with Gasteiger partial charge in [-0.25, -0.2) is 4.79 Å². The summed E-state index contributed by atoms with van der Waals surface area (Å²) in [6, 6.07) is 10.8. The fourth-order valence-corrected chi connectivity index (χ4v) is 3.48. The Kier molecular flexibility index (Phi) is 6.05. The highest BCUT2D eigenvalue weighted by Gasteiger charge is 2.18. The molecular formula is C23H27NO4. The average Bonchev–Trinajstić information content (AvgIpc) is 2.69. The van der Waals surface area contributed by atoms with Gasteiger partial charge in [0.05, 0.1) is 18.2 Å². The highest BCUT2D eigenvalue weighted by molar-refractivity contribution is 5.89. The third kappa shape index (κ3) is 3.90. The smallest absolute Gasteiger partial charge is 0.344 e. The second-order valence-electron chi connectivity index (χ2n) is 7.15. The van der Waals surface area contributed by atoms with Crippen LogP contribution in [0.4, 0.5) is 0 Å². The molecule has 0 atom stereocenters. The van der Waals surface area contributed by atoms with Gasteiger partial charge in [-0.15, -0.1) is 0 Å². The lowest BCUT2D eigenvalue weighted by Crippen LogP contribution is -2.19. The molecule has 0 aliphatic carbocycles. The van der Waals surface area contributed by atoms with Crippen molar-refractivity contribution in [3.05, 3.63) is 57.9 Å². The van der Waals surface area contributed by atoms with Gasteiger partial charge >= 0.3 is 5.63 Å². The number of nitrogens with zero attached hydrogens (tertiary/aromatic N) is 1. The molecular weight excluding hydrogens is 354 g/mol. The molecule has 3 aromatic rings. The topological polar surface area (TPSA) is 62.9 Å². The van der Waals surface area contributed by atoms with Crippen LogP contribution in [0.3, 0.4) is 0 Å². The predicted molar refractivity (Wildman–Crippen MR) is 112 cm³/mol. The molecule has 0 radical (unpaired) electrons. The molecule has 3 rings (SSSR count). The van der Waals surface area contributed by atoms with Crippen LogP contribution in [0.2, 0.25) is 0 Å². The van der Waals surface area contributed by atoms with E-state index >= 15 is 0 Å². The van der Waals surface area contributed by atoms with Crippen LogP contribution in [0.25, 0.3) is 22.1 Å². The second-order valence-corrected chi connectivity index (χ2v) is 7.15. The van der Waals surface area contributed by atoms with E-state index in [0.717, 1.165) is 41.6 Å². The molecule has 0 saturated carbocycles. The Balaban J connectivity index is 2.11. The second kappa shape index (κ2) is 8.48. The number of rotatable bonds is 7. The van der Waals surface area contributed by atoms with Gasteiger partial charge < -0.3 is 19.2 Å². The number of ether oxygens (including phenoxy) is 1. The third-order valence-corrected chi connectivity index (χ3v) is 5.11. The van der Waals surface area contributed by atoms with Gasteiger partial charge in [-0.2, -0.15) is 0 Å². The number of phenolic OH excluding ortho intramolecular Hbond substituents is 1. The van der Waals surface area contributed by atoms with Crippen molar-refractivity contribution in [3.63, 3.8) is 0 Å². The van der Waals surface area contributed by atoms with Crippen molar-refractivity contribution in [1.29, 1.82) is 0 Å². The molecule has 0 fully saturated rings. The summed E-state index contributed by atoms with van der Waals surface area (Å²) >= 11 is 0. The molecule has 0 bridgehead atoms. The van der Waals surface area contributed by atoms with Crippen LogP contribution in [0.15, 0.2) is 45.6 Å². The minimum absolute atomic E-state index is 0.149. The number of aromatic hydroxyl groups is 1. The van der Waals surface area contributed by atoms with Crippen molar-refractivity contribution in [2.75, 3.05) is 20.7 Å². The van der Waals surface area contributed by atoms with E-state index < -0.39 is 5.63 Å². The Morgan fingerprint density at radius 2 is 1.86 bits per heavy atom. The first-order valence-corrected chi connectivity index (χ1v) is 9.57. The molecule has 1 aromatic heterocycles. The van der Waals surface area contributed by atoms with Gasteiger partial charge in [-0.05, 0) is 62.3 Å². The van der Waals surface area contributed by atoms with E-state index in [-0.39, 0.29) is 5.75 Å². The number of hydrogen-bond acceptors (Lipinski definition) is 5. The maximum absolute atomic E-state index is 12.8. The van der Waals surface area contributed by atoms with Crippen LogP contribution in [0.1, 0.15) is 30.9 Å². The Morgan fingerprint density at radius 1 is 1.14 bits per heavy atom. The number of methoxy groups -OCH3 is 1. The molecule has 0 aliphatic rings. The lowest BCUT2D eigenvalue weighted by molar-refractivity contribution is 0.314. The van der Waals surface area contributed by atoms with E-state index in [0.29, 0.717) is 23.3 Å². The normalized spacial score (nSPS) is 11.3. The molecule has 0 saturated heterocycles. The molecule has 28 heavy (non-hydrogen) atoms. The number of fused-ring (bicyclic) bond motifs is 1. The maximum atomic E-state index is 12.8. The Hall–Kier alpha value is -2.79. The van der Waals surface area contributed by atoms with Gasteiger partial charge in [0.1, 0.15) is 17.1 Å². The minimum atomic E-state index is -0.404. The summed E-state index contributed by atoms with van der Waals surface area (Å²) in [5.41, 5.74) is 2.86. The Morgan fingerprint density at radius 3 is 2.50 bits per heavy atom. The lowest BCUT2D eigenvalue weighted by atomic mass is 9.97. The van der Waals surface area contributed by atoms with Crippen molar-refractivity contribution in [2.24, 2.45) is 0 Å². The molecule has 2 aromatic carbocycles. The van der Waals surface area contributed by atoms with E-state index in [9.17, 15) is 9.90 Å². The quantitative estimate of drug-likeness (QED) is 0.600. The number of unbranched alkanes of at least 4 members (excludes halogenated alkanes) is 1. The Bertz CT molecular complexity index is 1020. The largest absolute Gasteiger partial charge is 0.507 e. The SMILES string of the molecule is CCCCN(C)Cc1c(O)ccc2c(C)c(-c3ccc(OC)cc3)c(=O)oc12. The van der Waals surface area contributed by atoms with Crippen LogP contribution in [0, 0.1) is 6.92 Å². The summed E-state index contributed by atoms with van der Waals surface area (Å²) in [5.74, 6) is 0.879. The zero-order valence-electron chi connectivity index (χ0n) is 16.9. The fraction of sp³-hybridized carbons (Fsp3) is 0.348. The van der Waals surface area contributed by atoms with Crippen molar-refractivity contribution in [2.45, 2.75) is 33.2 Å². The van der Waals surface area contributed by atoms with E-state index in [1.807, 2.05) is 44.3 Å². The first-order valence-electron chi connectivity index (χ1n) is 9.57. The number of hydrogen-bond donors (Lipinski definition) is 1. The van der Waals surface area contributed by atoms with Crippen molar-refractivity contribution in [1.82, 2.24) is 4.90 Å². The van der Waals surface area contributed by atoms with E-state index in [4.69, 9.17) is 9.15 Å². The summed E-state index contributed by atoms with van der Waals surface area (Å²) in [6.07, 6.45) is 2.18.